The molecule has 24 heavy (non-hydrogen) atoms. The van der Waals surface area contributed by atoms with Crippen LogP contribution in [-0.4, -0.2) is 54.1 Å². The fraction of sp³-hybridized carbons (Fsp3) is 0.625. The average molecular weight is 333 g/mol. The molecule has 3 rings (SSSR count). The summed E-state index contributed by atoms with van der Waals surface area (Å²) in [5, 5.41) is 5.65. The number of ether oxygens (including phenoxy) is 1. The minimum atomic E-state index is -0.380. The van der Waals surface area contributed by atoms with E-state index in [2.05, 4.69) is 32.4 Å². The Balaban J connectivity index is 1.53. The van der Waals surface area contributed by atoms with Gasteiger partial charge in [0.05, 0.1) is 7.11 Å². The fourth-order valence-electron chi connectivity index (χ4n) is 3.33. The molecule has 0 spiro atoms. The van der Waals surface area contributed by atoms with E-state index in [-0.39, 0.29) is 17.9 Å². The number of hydrogen-bond acceptors (Lipinski definition) is 6. The Morgan fingerprint density at radius 2 is 2.38 bits per heavy atom. The first-order valence-electron chi connectivity index (χ1n) is 8.27. The predicted molar refractivity (Wildman–Crippen MR) is 87.7 cm³/mol. The number of nitrogens with zero attached hydrogens (tertiary/aromatic N) is 3. The maximum Gasteiger partial charge on any atom is 0.242 e. The van der Waals surface area contributed by atoms with E-state index in [1.807, 2.05) is 0 Å². The molecule has 2 amide bonds. The molecule has 0 aliphatic carbocycles. The second kappa shape index (κ2) is 7.02. The van der Waals surface area contributed by atoms with Gasteiger partial charge in [0.2, 0.25) is 23.6 Å². The zero-order valence-corrected chi connectivity index (χ0v) is 14.0. The molecule has 2 N–H and O–H groups in total. The van der Waals surface area contributed by atoms with Gasteiger partial charge in [0, 0.05) is 37.8 Å². The number of aromatic nitrogens is 2. The normalized spacial score (nSPS) is 26.3. The van der Waals surface area contributed by atoms with Crippen molar-refractivity contribution in [2.24, 2.45) is 5.92 Å². The van der Waals surface area contributed by atoms with Crippen molar-refractivity contribution in [3.63, 3.8) is 0 Å². The molecular formula is C16H23N5O3. The van der Waals surface area contributed by atoms with Crippen LogP contribution in [0.1, 0.15) is 26.2 Å². The van der Waals surface area contributed by atoms with Crippen molar-refractivity contribution >= 4 is 17.8 Å². The second-order valence-electron chi connectivity index (χ2n) is 6.41. The van der Waals surface area contributed by atoms with Crippen molar-refractivity contribution < 1.29 is 14.3 Å². The summed E-state index contributed by atoms with van der Waals surface area (Å²) in [4.78, 5) is 34.1. The van der Waals surface area contributed by atoms with Crippen LogP contribution in [0.15, 0.2) is 12.3 Å². The first-order valence-corrected chi connectivity index (χ1v) is 8.27. The van der Waals surface area contributed by atoms with Gasteiger partial charge in [0.1, 0.15) is 6.04 Å². The highest BCUT2D eigenvalue weighted by Crippen LogP contribution is 2.27. The third kappa shape index (κ3) is 3.58. The molecular weight excluding hydrogens is 310 g/mol. The van der Waals surface area contributed by atoms with E-state index in [0.29, 0.717) is 43.2 Å². The Labute approximate surface area is 141 Å². The molecule has 8 nitrogen and oxygen atoms in total. The van der Waals surface area contributed by atoms with Crippen LogP contribution in [0.25, 0.3) is 0 Å². The lowest BCUT2D eigenvalue weighted by molar-refractivity contribution is -0.125. The number of carbonyl (C=O) groups is 2. The molecule has 0 aromatic carbocycles. The van der Waals surface area contributed by atoms with Gasteiger partial charge >= 0.3 is 0 Å². The number of carbonyl (C=O) groups excluding carboxylic acids is 2. The smallest absolute Gasteiger partial charge is 0.242 e. The molecule has 2 unspecified atom stereocenters. The summed E-state index contributed by atoms with van der Waals surface area (Å²) < 4.78 is 5.15. The highest BCUT2D eigenvalue weighted by Gasteiger charge is 2.32. The summed E-state index contributed by atoms with van der Waals surface area (Å²) in [5.41, 5.74) is 0. The Kier molecular flexibility index (Phi) is 4.82. The number of hydrogen-bond donors (Lipinski definition) is 2. The Hall–Kier alpha value is -2.38. The predicted octanol–water partition coefficient (Wildman–Crippen LogP) is 0.0948. The highest BCUT2D eigenvalue weighted by atomic mass is 16.5. The van der Waals surface area contributed by atoms with Gasteiger partial charge in [-0.2, -0.15) is 4.98 Å². The molecule has 2 fully saturated rings. The van der Waals surface area contributed by atoms with Crippen molar-refractivity contribution in [1.29, 1.82) is 0 Å². The van der Waals surface area contributed by atoms with Crippen LogP contribution in [0.5, 0.6) is 5.88 Å². The van der Waals surface area contributed by atoms with Crippen LogP contribution in [0, 0.1) is 5.92 Å². The van der Waals surface area contributed by atoms with Crippen molar-refractivity contribution in [2.45, 2.75) is 38.3 Å². The SMILES string of the molecule is COc1ccnc(N2CC(CNC(=O)[C@@H]3CCC(=O)N3)CC2C)n1. The standard InChI is InChI=1S/C16H23N5O3/c1-10-7-11(8-18-15(23)12-3-4-13(22)19-12)9-21(10)16-17-6-5-14(20-16)24-2/h5-6,10-12H,3-4,7-9H2,1-2H3,(H,18,23)(H,19,22)/t10?,11?,12-/m0/s1. The zero-order valence-electron chi connectivity index (χ0n) is 14.0. The molecule has 8 heteroatoms. The lowest BCUT2D eigenvalue weighted by atomic mass is 10.1. The van der Waals surface area contributed by atoms with Crippen LogP contribution in [-0.2, 0) is 9.59 Å². The Bertz CT molecular complexity index is 623. The largest absolute Gasteiger partial charge is 0.481 e. The van der Waals surface area contributed by atoms with Crippen LogP contribution in [0.4, 0.5) is 5.95 Å². The van der Waals surface area contributed by atoms with Crippen molar-refractivity contribution in [2.75, 3.05) is 25.1 Å². The van der Waals surface area contributed by atoms with Crippen LogP contribution in [0.2, 0.25) is 0 Å². The molecule has 1 aromatic heterocycles. The van der Waals surface area contributed by atoms with Crippen LogP contribution in [0.3, 0.4) is 0 Å². The lowest BCUT2D eigenvalue weighted by Crippen LogP contribution is -2.43. The van der Waals surface area contributed by atoms with Crippen molar-refractivity contribution in [3.8, 4) is 5.88 Å². The molecule has 0 radical (unpaired) electrons. The van der Waals surface area contributed by atoms with Gasteiger partial charge in [0.25, 0.3) is 0 Å². The van der Waals surface area contributed by atoms with Gasteiger partial charge in [-0.25, -0.2) is 4.98 Å². The summed E-state index contributed by atoms with van der Waals surface area (Å²) in [6.07, 6.45) is 3.65. The van der Waals surface area contributed by atoms with Gasteiger partial charge in [-0.3, -0.25) is 9.59 Å². The van der Waals surface area contributed by atoms with Crippen molar-refractivity contribution in [1.82, 2.24) is 20.6 Å². The van der Waals surface area contributed by atoms with E-state index in [0.717, 1.165) is 13.0 Å². The van der Waals surface area contributed by atoms with E-state index in [1.165, 1.54) is 0 Å². The quantitative estimate of drug-likeness (QED) is 0.793. The Morgan fingerprint density at radius 3 is 3.08 bits per heavy atom. The maximum atomic E-state index is 12.1. The molecule has 2 saturated heterocycles. The van der Waals surface area contributed by atoms with E-state index in [9.17, 15) is 9.59 Å². The molecule has 0 bridgehead atoms. The summed E-state index contributed by atoms with van der Waals surface area (Å²) in [7, 11) is 1.58. The minimum absolute atomic E-state index is 0.0500. The van der Waals surface area contributed by atoms with Crippen LogP contribution >= 0.6 is 0 Å². The van der Waals surface area contributed by atoms with E-state index in [1.54, 1.807) is 19.4 Å². The molecule has 3 atom stereocenters. The number of anilines is 1. The van der Waals surface area contributed by atoms with Crippen LogP contribution < -0.4 is 20.3 Å². The molecule has 2 aliphatic heterocycles. The van der Waals surface area contributed by atoms with Gasteiger partial charge in [-0.1, -0.05) is 0 Å². The third-order valence-electron chi connectivity index (χ3n) is 4.62. The first kappa shape index (κ1) is 16.5. The molecule has 2 aliphatic rings. The number of amides is 2. The van der Waals surface area contributed by atoms with Gasteiger partial charge in [-0.15, -0.1) is 0 Å². The average Bonchev–Trinajstić information content (AvgIpc) is 3.18. The molecule has 130 valence electrons. The van der Waals surface area contributed by atoms with Gasteiger partial charge in [-0.05, 0) is 25.7 Å². The lowest BCUT2D eigenvalue weighted by Gasteiger charge is -2.21. The zero-order chi connectivity index (χ0) is 17.1. The summed E-state index contributed by atoms with van der Waals surface area (Å²) >= 11 is 0. The van der Waals surface area contributed by atoms with E-state index in [4.69, 9.17) is 4.74 Å². The summed E-state index contributed by atoms with van der Waals surface area (Å²) in [5.74, 6) is 1.38. The number of rotatable bonds is 5. The monoisotopic (exact) mass is 333 g/mol. The van der Waals surface area contributed by atoms with Gasteiger partial charge < -0.3 is 20.3 Å². The molecule has 0 saturated carbocycles. The van der Waals surface area contributed by atoms with Crippen molar-refractivity contribution in [3.05, 3.63) is 12.3 Å². The summed E-state index contributed by atoms with van der Waals surface area (Å²) in [6.45, 7) is 3.50. The van der Waals surface area contributed by atoms with E-state index < -0.39 is 0 Å². The number of methoxy groups -OCH3 is 1. The summed E-state index contributed by atoms with van der Waals surface area (Å²) in [6, 6.07) is 1.64. The topological polar surface area (TPSA) is 96.5 Å². The van der Waals surface area contributed by atoms with E-state index >= 15 is 0 Å². The highest BCUT2D eigenvalue weighted by molar-refractivity contribution is 5.90. The number of nitrogens with one attached hydrogen (secondary N) is 2. The third-order valence-corrected chi connectivity index (χ3v) is 4.62. The minimum Gasteiger partial charge on any atom is -0.481 e. The second-order valence-corrected chi connectivity index (χ2v) is 6.41. The van der Waals surface area contributed by atoms with Gasteiger partial charge in [0.15, 0.2) is 0 Å². The maximum absolute atomic E-state index is 12.1. The molecule has 3 heterocycles. The Morgan fingerprint density at radius 1 is 1.54 bits per heavy atom. The molecule has 1 aromatic rings. The first-order chi connectivity index (χ1) is 11.6. The fourth-order valence-corrected chi connectivity index (χ4v) is 3.33.